The molecule has 0 saturated heterocycles. The molecule has 0 unspecified atom stereocenters. The molecule has 2 nitrogen and oxygen atoms in total. The second kappa shape index (κ2) is 4.09. The highest BCUT2D eigenvalue weighted by atomic mass is 35.5. The molecule has 0 fully saturated rings. The molecule has 0 amide bonds. The smallest absolute Gasteiger partial charge is 0.105 e. The maximum Gasteiger partial charge on any atom is 0.105 e. The molecule has 0 bridgehead atoms. The third-order valence-electron chi connectivity index (χ3n) is 1.96. The standard InChI is InChI=1S/C10H13ClO2/c1-10(13,7-12)9(11)8-5-3-2-4-6-8/h2-6,9,12-13H,7H2,1H3/t9-,10-/m1/s1. The zero-order valence-electron chi connectivity index (χ0n) is 7.44. The van der Waals surface area contributed by atoms with E-state index >= 15 is 0 Å². The molecule has 0 aliphatic carbocycles. The van der Waals surface area contributed by atoms with Gasteiger partial charge in [-0.25, -0.2) is 0 Å². The van der Waals surface area contributed by atoms with Crippen molar-refractivity contribution in [3.8, 4) is 0 Å². The average molecular weight is 201 g/mol. The molecule has 2 N–H and O–H groups in total. The van der Waals surface area contributed by atoms with Crippen LogP contribution in [0.5, 0.6) is 0 Å². The van der Waals surface area contributed by atoms with E-state index in [4.69, 9.17) is 16.7 Å². The zero-order valence-corrected chi connectivity index (χ0v) is 8.20. The molecule has 0 aliphatic heterocycles. The van der Waals surface area contributed by atoms with Gasteiger partial charge in [0, 0.05) is 0 Å². The number of alkyl halides is 1. The number of hydrogen-bond donors (Lipinski definition) is 2. The number of halogens is 1. The molecule has 0 heterocycles. The maximum absolute atomic E-state index is 9.66. The third kappa shape index (κ3) is 2.44. The van der Waals surface area contributed by atoms with Gasteiger partial charge in [0.2, 0.25) is 0 Å². The van der Waals surface area contributed by atoms with Crippen LogP contribution in [0.3, 0.4) is 0 Å². The summed E-state index contributed by atoms with van der Waals surface area (Å²) in [5.41, 5.74) is -0.466. The highest BCUT2D eigenvalue weighted by Gasteiger charge is 2.30. The van der Waals surface area contributed by atoms with Gasteiger partial charge in [0.25, 0.3) is 0 Å². The Morgan fingerprint density at radius 2 is 1.92 bits per heavy atom. The minimum atomic E-state index is -1.27. The number of hydrogen-bond acceptors (Lipinski definition) is 2. The van der Waals surface area contributed by atoms with Crippen molar-refractivity contribution >= 4 is 11.6 Å². The van der Waals surface area contributed by atoms with Crippen molar-refractivity contribution in [1.82, 2.24) is 0 Å². The quantitative estimate of drug-likeness (QED) is 0.730. The lowest BCUT2D eigenvalue weighted by Gasteiger charge is -2.26. The Morgan fingerprint density at radius 1 is 1.38 bits per heavy atom. The number of benzene rings is 1. The van der Waals surface area contributed by atoms with E-state index in [1.54, 1.807) is 0 Å². The van der Waals surface area contributed by atoms with E-state index < -0.39 is 11.0 Å². The van der Waals surface area contributed by atoms with Crippen molar-refractivity contribution in [3.05, 3.63) is 35.9 Å². The summed E-state index contributed by atoms with van der Waals surface area (Å²) in [6.07, 6.45) is 0. The Bertz CT molecular complexity index is 259. The fourth-order valence-corrected chi connectivity index (χ4v) is 1.28. The second-order valence-corrected chi connectivity index (χ2v) is 3.72. The van der Waals surface area contributed by atoms with E-state index in [2.05, 4.69) is 0 Å². The molecule has 3 heteroatoms. The largest absolute Gasteiger partial charge is 0.393 e. The lowest BCUT2D eigenvalue weighted by atomic mass is 9.97. The molecule has 1 rings (SSSR count). The van der Waals surface area contributed by atoms with Crippen LogP contribution in [0.4, 0.5) is 0 Å². The topological polar surface area (TPSA) is 40.5 Å². The van der Waals surface area contributed by atoms with E-state index in [1.165, 1.54) is 6.92 Å². The molecule has 2 atom stereocenters. The number of rotatable bonds is 3. The van der Waals surface area contributed by atoms with Gasteiger partial charge in [-0.05, 0) is 12.5 Å². The summed E-state index contributed by atoms with van der Waals surface area (Å²) in [5.74, 6) is 0. The molecule has 0 spiro atoms. The van der Waals surface area contributed by atoms with E-state index in [0.717, 1.165) is 5.56 Å². The lowest BCUT2D eigenvalue weighted by molar-refractivity contribution is -0.00202. The van der Waals surface area contributed by atoms with E-state index in [9.17, 15) is 5.11 Å². The molecule has 0 saturated carbocycles. The Labute approximate surface area is 82.8 Å². The summed E-state index contributed by atoms with van der Waals surface area (Å²) in [6, 6.07) is 9.21. The Kier molecular flexibility index (Phi) is 3.31. The van der Waals surface area contributed by atoms with Crippen molar-refractivity contribution in [2.24, 2.45) is 0 Å². The molecule has 1 aromatic carbocycles. The number of aliphatic hydroxyl groups is 2. The first-order valence-electron chi connectivity index (χ1n) is 4.10. The van der Waals surface area contributed by atoms with E-state index in [1.807, 2.05) is 30.3 Å². The molecule has 72 valence electrons. The highest BCUT2D eigenvalue weighted by molar-refractivity contribution is 6.21. The van der Waals surface area contributed by atoms with Crippen LogP contribution >= 0.6 is 11.6 Å². The summed E-state index contributed by atoms with van der Waals surface area (Å²) in [4.78, 5) is 0. The molecule has 0 aromatic heterocycles. The number of aliphatic hydroxyl groups excluding tert-OH is 1. The van der Waals surface area contributed by atoms with Gasteiger partial charge < -0.3 is 10.2 Å². The molecule has 1 aromatic rings. The van der Waals surface area contributed by atoms with Crippen LogP contribution in [0.2, 0.25) is 0 Å². The second-order valence-electron chi connectivity index (χ2n) is 3.29. The van der Waals surface area contributed by atoms with E-state index in [-0.39, 0.29) is 6.61 Å². The average Bonchev–Trinajstić information content (AvgIpc) is 2.18. The molecular formula is C10H13ClO2. The van der Waals surface area contributed by atoms with Crippen LogP contribution < -0.4 is 0 Å². The first-order chi connectivity index (χ1) is 6.08. The van der Waals surface area contributed by atoms with Crippen LogP contribution in [0.25, 0.3) is 0 Å². The van der Waals surface area contributed by atoms with E-state index in [0.29, 0.717) is 0 Å². The third-order valence-corrected chi connectivity index (χ3v) is 2.68. The van der Waals surface area contributed by atoms with Gasteiger partial charge in [0.15, 0.2) is 0 Å². The predicted molar refractivity (Wildman–Crippen MR) is 52.7 cm³/mol. The highest BCUT2D eigenvalue weighted by Crippen LogP contribution is 2.31. The van der Waals surface area contributed by atoms with Crippen molar-refractivity contribution in [2.75, 3.05) is 6.61 Å². The molecule has 0 aliphatic rings. The Hall–Kier alpha value is -0.570. The monoisotopic (exact) mass is 200 g/mol. The van der Waals surface area contributed by atoms with Gasteiger partial charge in [0.05, 0.1) is 12.0 Å². The van der Waals surface area contributed by atoms with Crippen LogP contribution in [0.1, 0.15) is 17.9 Å². The molecule has 13 heavy (non-hydrogen) atoms. The lowest BCUT2D eigenvalue weighted by Crippen LogP contribution is -2.33. The van der Waals surface area contributed by atoms with Gasteiger partial charge in [-0.1, -0.05) is 30.3 Å². The SMILES string of the molecule is C[C@@](O)(CO)[C@H](Cl)c1ccccc1. The molecular weight excluding hydrogens is 188 g/mol. The summed E-state index contributed by atoms with van der Waals surface area (Å²) >= 11 is 5.99. The van der Waals surface area contributed by atoms with Gasteiger partial charge in [-0.2, -0.15) is 0 Å². The van der Waals surface area contributed by atoms with Crippen molar-refractivity contribution in [3.63, 3.8) is 0 Å². The summed E-state index contributed by atoms with van der Waals surface area (Å²) in [7, 11) is 0. The van der Waals surface area contributed by atoms with Crippen LogP contribution in [0, 0.1) is 0 Å². The minimum Gasteiger partial charge on any atom is -0.393 e. The summed E-state index contributed by atoms with van der Waals surface area (Å²) in [6.45, 7) is 1.16. The van der Waals surface area contributed by atoms with Gasteiger partial charge >= 0.3 is 0 Å². The Balaban J connectivity index is 2.85. The zero-order chi connectivity index (χ0) is 9.90. The minimum absolute atomic E-state index is 0.351. The molecule has 0 radical (unpaired) electrons. The van der Waals surface area contributed by atoms with Gasteiger partial charge in [-0.3, -0.25) is 0 Å². The Morgan fingerprint density at radius 3 is 2.38 bits per heavy atom. The summed E-state index contributed by atoms with van der Waals surface area (Å²) < 4.78 is 0. The predicted octanol–water partition coefficient (Wildman–Crippen LogP) is 1.71. The van der Waals surface area contributed by atoms with Crippen molar-refractivity contribution in [2.45, 2.75) is 17.9 Å². The fraction of sp³-hybridized carbons (Fsp3) is 0.400. The maximum atomic E-state index is 9.66. The van der Waals surface area contributed by atoms with Crippen molar-refractivity contribution in [1.29, 1.82) is 0 Å². The van der Waals surface area contributed by atoms with Crippen LogP contribution in [-0.2, 0) is 0 Å². The van der Waals surface area contributed by atoms with Crippen LogP contribution in [-0.4, -0.2) is 22.4 Å². The van der Waals surface area contributed by atoms with Crippen molar-refractivity contribution < 1.29 is 10.2 Å². The van der Waals surface area contributed by atoms with Gasteiger partial charge in [-0.15, -0.1) is 11.6 Å². The van der Waals surface area contributed by atoms with Crippen LogP contribution in [0.15, 0.2) is 30.3 Å². The van der Waals surface area contributed by atoms with Gasteiger partial charge in [0.1, 0.15) is 5.60 Å². The normalized spacial score (nSPS) is 17.8. The summed E-state index contributed by atoms with van der Waals surface area (Å²) in [5, 5.41) is 18.0. The first-order valence-corrected chi connectivity index (χ1v) is 4.54. The first kappa shape index (κ1) is 10.5. The fourth-order valence-electron chi connectivity index (χ4n) is 1.06.